The highest BCUT2D eigenvalue weighted by Crippen LogP contribution is 2.27. The fourth-order valence-corrected chi connectivity index (χ4v) is 1.86. The van der Waals surface area contributed by atoms with E-state index in [0.29, 0.717) is 21.4 Å². The van der Waals surface area contributed by atoms with E-state index < -0.39 is 5.91 Å². The highest BCUT2D eigenvalue weighted by molar-refractivity contribution is 6.34. The summed E-state index contributed by atoms with van der Waals surface area (Å²) in [5, 5.41) is 4.50. The molecule has 22 heavy (non-hydrogen) atoms. The number of rotatable bonds is 5. The number of nitrogens with one attached hydrogen (secondary N) is 1. The van der Waals surface area contributed by atoms with E-state index in [4.69, 9.17) is 27.9 Å². The van der Waals surface area contributed by atoms with E-state index in [9.17, 15) is 9.18 Å². The lowest BCUT2D eigenvalue weighted by atomic mass is 10.2. The van der Waals surface area contributed by atoms with Crippen LogP contribution in [0.5, 0.6) is 5.75 Å². The van der Waals surface area contributed by atoms with Crippen molar-refractivity contribution in [2.75, 3.05) is 6.61 Å². The van der Waals surface area contributed by atoms with Gasteiger partial charge in [-0.05, 0) is 29.8 Å². The number of halogens is 3. The number of carbonyl (C=O) groups is 1. The van der Waals surface area contributed by atoms with Crippen LogP contribution < -0.4 is 10.2 Å². The molecule has 0 aliphatic carbocycles. The van der Waals surface area contributed by atoms with Crippen molar-refractivity contribution in [3.63, 3.8) is 0 Å². The number of hydrogen-bond donors (Lipinski definition) is 1. The summed E-state index contributed by atoms with van der Waals surface area (Å²) in [6.45, 7) is -0.277. The van der Waals surface area contributed by atoms with Crippen molar-refractivity contribution in [2.24, 2.45) is 5.10 Å². The SMILES string of the molecule is O=C(COc1cc(Cl)ccc1Cl)N/N=C/c1cccc(F)c1. The fourth-order valence-electron chi connectivity index (χ4n) is 1.53. The van der Waals surface area contributed by atoms with Gasteiger partial charge in [-0.25, -0.2) is 9.82 Å². The van der Waals surface area contributed by atoms with E-state index >= 15 is 0 Å². The molecule has 2 aromatic carbocycles. The molecule has 0 aliphatic heterocycles. The third-order valence-electron chi connectivity index (χ3n) is 2.50. The summed E-state index contributed by atoms with van der Waals surface area (Å²) in [5.41, 5.74) is 2.79. The van der Waals surface area contributed by atoms with Crippen LogP contribution in [0.25, 0.3) is 0 Å². The lowest BCUT2D eigenvalue weighted by Crippen LogP contribution is -2.24. The number of ether oxygens (including phenoxy) is 1. The van der Waals surface area contributed by atoms with Crippen LogP contribution in [0.15, 0.2) is 47.6 Å². The van der Waals surface area contributed by atoms with Gasteiger partial charge in [0.15, 0.2) is 6.61 Å². The Labute approximate surface area is 136 Å². The minimum atomic E-state index is -0.483. The molecule has 114 valence electrons. The molecular weight excluding hydrogens is 330 g/mol. The molecule has 4 nitrogen and oxygen atoms in total. The molecule has 1 N–H and O–H groups in total. The molecule has 2 rings (SSSR count). The third-order valence-corrected chi connectivity index (χ3v) is 3.05. The summed E-state index contributed by atoms with van der Waals surface area (Å²) in [6, 6.07) is 10.5. The van der Waals surface area contributed by atoms with Gasteiger partial charge in [-0.3, -0.25) is 4.79 Å². The van der Waals surface area contributed by atoms with Crippen molar-refractivity contribution < 1.29 is 13.9 Å². The minimum Gasteiger partial charge on any atom is -0.482 e. The van der Waals surface area contributed by atoms with Crippen LogP contribution in [-0.4, -0.2) is 18.7 Å². The molecular formula is C15H11Cl2FN2O2. The Morgan fingerprint density at radius 2 is 2.09 bits per heavy atom. The normalized spacial score (nSPS) is 10.7. The molecule has 0 atom stereocenters. The standard InChI is InChI=1S/C15H11Cl2FN2O2/c16-11-4-5-13(17)14(7-11)22-9-15(21)20-19-8-10-2-1-3-12(18)6-10/h1-8H,9H2,(H,20,21)/b19-8+. The fraction of sp³-hybridized carbons (Fsp3) is 0.0667. The lowest BCUT2D eigenvalue weighted by molar-refractivity contribution is -0.123. The van der Waals surface area contributed by atoms with Crippen LogP contribution in [0.3, 0.4) is 0 Å². The zero-order valence-electron chi connectivity index (χ0n) is 11.2. The molecule has 0 aliphatic rings. The van der Waals surface area contributed by atoms with E-state index in [1.54, 1.807) is 24.3 Å². The van der Waals surface area contributed by atoms with Gasteiger partial charge in [0.25, 0.3) is 5.91 Å². The van der Waals surface area contributed by atoms with Gasteiger partial charge in [-0.2, -0.15) is 5.10 Å². The summed E-state index contributed by atoms with van der Waals surface area (Å²) in [5.74, 6) is -0.559. The van der Waals surface area contributed by atoms with Crippen molar-refractivity contribution >= 4 is 35.3 Å². The molecule has 7 heteroatoms. The molecule has 1 amide bonds. The first-order valence-corrected chi connectivity index (χ1v) is 6.95. The minimum absolute atomic E-state index is 0.277. The molecule has 0 saturated carbocycles. The maximum atomic E-state index is 12.9. The smallest absolute Gasteiger partial charge is 0.277 e. The maximum absolute atomic E-state index is 12.9. The predicted molar refractivity (Wildman–Crippen MR) is 84.1 cm³/mol. The van der Waals surface area contributed by atoms with Gasteiger partial charge in [0.1, 0.15) is 11.6 Å². The molecule has 0 radical (unpaired) electrons. The van der Waals surface area contributed by atoms with Gasteiger partial charge in [-0.15, -0.1) is 0 Å². The van der Waals surface area contributed by atoms with Gasteiger partial charge in [-0.1, -0.05) is 35.3 Å². The Balaban J connectivity index is 1.84. The number of amides is 1. The van der Waals surface area contributed by atoms with Gasteiger partial charge >= 0.3 is 0 Å². The van der Waals surface area contributed by atoms with Crippen LogP contribution in [-0.2, 0) is 4.79 Å². The Kier molecular flexibility index (Phi) is 5.75. The van der Waals surface area contributed by atoms with Crippen LogP contribution in [0, 0.1) is 5.82 Å². The van der Waals surface area contributed by atoms with Crippen molar-refractivity contribution in [3.05, 3.63) is 63.9 Å². The highest BCUT2D eigenvalue weighted by atomic mass is 35.5. The van der Waals surface area contributed by atoms with Gasteiger partial charge < -0.3 is 4.74 Å². The Bertz CT molecular complexity index is 708. The summed E-state index contributed by atoms with van der Waals surface area (Å²) in [6.07, 6.45) is 1.33. The second-order valence-electron chi connectivity index (χ2n) is 4.21. The Morgan fingerprint density at radius 1 is 1.27 bits per heavy atom. The first kappa shape index (κ1) is 16.3. The van der Waals surface area contributed by atoms with Crippen LogP contribution in [0.4, 0.5) is 4.39 Å². The van der Waals surface area contributed by atoms with Gasteiger partial charge in [0.05, 0.1) is 11.2 Å². The van der Waals surface area contributed by atoms with Crippen molar-refractivity contribution in [1.82, 2.24) is 5.43 Å². The molecule has 2 aromatic rings. The van der Waals surface area contributed by atoms with E-state index in [-0.39, 0.29) is 12.4 Å². The maximum Gasteiger partial charge on any atom is 0.277 e. The molecule has 0 saturated heterocycles. The number of carbonyl (C=O) groups excluding carboxylic acids is 1. The first-order chi connectivity index (χ1) is 10.5. The zero-order valence-corrected chi connectivity index (χ0v) is 12.7. The van der Waals surface area contributed by atoms with E-state index in [2.05, 4.69) is 10.5 Å². The molecule has 0 spiro atoms. The number of benzene rings is 2. The first-order valence-electron chi connectivity index (χ1n) is 6.20. The van der Waals surface area contributed by atoms with E-state index in [0.717, 1.165) is 0 Å². The molecule has 0 unspecified atom stereocenters. The van der Waals surface area contributed by atoms with Gasteiger partial charge in [0.2, 0.25) is 0 Å². The van der Waals surface area contributed by atoms with E-state index in [1.165, 1.54) is 24.4 Å². The second-order valence-corrected chi connectivity index (χ2v) is 5.06. The summed E-state index contributed by atoms with van der Waals surface area (Å²) >= 11 is 11.7. The molecule has 0 bridgehead atoms. The number of nitrogens with zero attached hydrogens (tertiary/aromatic N) is 1. The summed E-state index contributed by atoms with van der Waals surface area (Å²) < 4.78 is 18.2. The van der Waals surface area contributed by atoms with Crippen molar-refractivity contribution in [2.45, 2.75) is 0 Å². The number of hydrazone groups is 1. The average molecular weight is 341 g/mol. The molecule has 0 aromatic heterocycles. The lowest BCUT2D eigenvalue weighted by Gasteiger charge is -2.07. The van der Waals surface area contributed by atoms with Crippen molar-refractivity contribution in [3.8, 4) is 5.75 Å². The van der Waals surface area contributed by atoms with Crippen LogP contribution >= 0.6 is 23.2 Å². The molecule has 0 heterocycles. The summed E-state index contributed by atoms with van der Waals surface area (Å²) in [4.78, 5) is 11.6. The second kappa shape index (κ2) is 7.77. The van der Waals surface area contributed by atoms with E-state index in [1.807, 2.05) is 0 Å². The monoisotopic (exact) mass is 340 g/mol. The highest BCUT2D eigenvalue weighted by Gasteiger charge is 2.06. The van der Waals surface area contributed by atoms with Crippen LogP contribution in [0.1, 0.15) is 5.56 Å². The summed E-state index contributed by atoms with van der Waals surface area (Å²) in [7, 11) is 0. The molecule has 0 fully saturated rings. The van der Waals surface area contributed by atoms with Gasteiger partial charge in [0, 0.05) is 11.1 Å². The van der Waals surface area contributed by atoms with Crippen molar-refractivity contribution in [1.29, 1.82) is 0 Å². The largest absolute Gasteiger partial charge is 0.482 e. The zero-order chi connectivity index (χ0) is 15.9. The topological polar surface area (TPSA) is 50.7 Å². The quantitative estimate of drug-likeness (QED) is 0.667. The average Bonchev–Trinajstić information content (AvgIpc) is 2.48. The predicted octanol–water partition coefficient (Wildman–Crippen LogP) is 3.66. The third kappa shape index (κ3) is 5.02. The Morgan fingerprint density at radius 3 is 2.86 bits per heavy atom. The number of hydrogen-bond acceptors (Lipinski definition) is 3. The Hall–Kier alpha value is -2.11. The van der Waals surface area contributed by atoms with Crippen LogP contribution in [0.2, 0.25) is 10.0 Å².